The molecule has 1 fully saturated rings. The first-order valence-corrected chi connectivity index (χ1v) is 9.36. The van der Waals surface area contributed by atoms with Crippen LogP contribution in [0.5, 0.6) is 0 Å². The van der Waals surface area contributed by atoms with Crippen LogP contribution in [-0.2, 0) is 4.74 Å². The zero-order chi connectivity index (χ0) is 17.1. The molecule has 5 nitrogen and oxygen atoms in total. The first kappa shape index (κ1) is 16.3. The Morgan fingerprint density at radius 2 is 1.92 bits per heavy atom. The highest BCUT2D eigenvalue weighted by atomic mass is 32.1. The molecule has 3 heterocycles. The van der Waals surface area contributed by atoms with Crippen LogP contribution >= 0.6 is 23.6 Å². The SMILES string of the molecule is S=c1[nH]c(-c2ccccc2)cn1/N=C/c1ccc(N2CCOCC2)s1. The van der Waals surface area contributed by atoms with Crippen molar-refractivity contribution in [3.63, 3.8) is 0 Å². The topological polar surface area (TPSA) is 45.5 Å². The molecule has 1 aliphatic rings. The molecule has 0 unspecified atom stereocenters. The normalized spacial score (nSPS) is 15.1. The summed E-state index contributed by atoms with van der Waals surface area (Å²) in [5.74, 6) is 0. The number of imidazole rings is 1. The van der Waals surface area contributed by atoms with Gasteiger partial charge in [-0.15, -0.1) is 11.3 Å². The fourth-order valence-electron chi connectivity index (χ4n) is 2.72. The van der Waals surface area contributed by atoms with Gasteiger partial charge in [0.15, 0.2) is 4.77 Å². The van der Waals surface area contributed by atoms with Gasteiger partial charge in [0.2, 0.25) is 0 Å². The van der Waals surface area contributed by atoms with Crippen LogP contribution < -0.4 is 4.90 Å². The molecule has 0 radical (unpaired) electrons. The van der Waals surface area contributed by atoms with E-state index in [1.165, 1.54) is 5.00 Å². The molecule has 2 aromatic heterocycles. The lowest BCUT2D eigenvalue weighted by atomic mass is 10.2. The number of ether oxygens (including phenoxy) is 1. The second-order valence-electron chi connectivity index (χ2n) is 5.70. The van der Waals surface area contributed by atoms with E-state index in [-0.39, 0.29) is 0 Å². The Labute approximate surface area is 155 Å². The van der Waals surface area contributed by atoms with Crippen molar-refractivity contribution in [3.05, 3.63) is 58.3 Å². The molecule has 0 amide bonds. The highest BCUT2D eigenvalue weighted by molar-refractivity contribution is 7.71. The number of aromatic nitrogens is 2. The van der Waals surface area contributed by atoms with Crippen LogP contribution in [0, 0.1) is 4.77 Å². The molecule has 7 heteroatoms. The van der Waals surface area contributed by atoms with Gasteiger partial charge in [0, 0.05) is 18.0 Å². The summed E-state index contributed by atoms with van der Waals surface area (Å²) in [6, 6.07) is 14.3. The summed E-state index contributed by atoms with van der Waals surface area (Å²) in [5.41, 5.74) is 2.05. The van der Waals surface area contributed by atoms with Crippen LogP contribution in [0.25, 0.3) is 11.3 Å². The molecule has 128 valence electrons. The minimum absolute atomic E-state index is 0.583. The number of benzene rings is 1. The average molecular weight is 371 g/mol. The number of nitrogens with zero attached hydrogens (tertiary/aromatic N) is 3. The molecule has 1 N–H and O–H groups in total. The van der Waals surface area contributed by atoms with Crippen LogP contribution in [0.3, 0.4) is 0 Å². The fraction of sp³-hybridized carbons (Fsp3) is 0.222. The summed E-state index contributed by atoms with van der Waals surface area (Å²) in [5, 5.41) is 5.76. The molecule has 1 saturated heterocycles. The van der Waals surface area contributed by atoms with E-state index < -0.39 is 0 Å². The molecule has 0 atom stereocenters. The van der Waals surface area contributed by atoms with Crippen LogP contribution in [-0.4, -0.2) is 42.2 Å². The molecular formula is C18H18N4OS2. The van der Waals surface area contributed by atoms with Crippen molar-refractivity contribution in [1.82, 2.24) is 9.66 Å². The molecule has 1 aromatic carbocycles. The lowest BCUT2D eigenvalue weighted by Gasteiger charge is -2.27. The minimum atomic E-state index is 0.583. The molecular weight excluding hydrogens is 352 g/mol. The van der Waals surface area contributed by atoms with E-state index in [4.69, 9.17) is 17.0 Å². The van der Waals surface area contributed by atoms with Gasteiger partial charge in [0.05, 0.1) is 36.3 Å². The number of H-pyrrole nitrogens is 1. The zero-order valence-corrected chi connectivity index (χ0v) is 15.2. The highest BCUT2D eigenvalue weighted by Crippen LogP contribution is 2.25. The standard InChI is InChI=1S/C18H18N4OS2/c24-18-20-16(14-4-2-1-3-5-14)13-22(18)19-12-15-6-7-17(25-15)21-8-10-23-11-9-21/h1-7,12-13H,8-11H2,(H,20,24)/b19-12+. The number of thiophene rings is 1. The zero-order valence-electron chi connectivity index (χ0n) is 13.6. The Balaban J connectivity index is 1.51. The largest absolute Gasteiger partial charge is 0.378 e. The van der Waals surface area contributed by atoms with Gasteiger partial charge in [0.25, 0.3) is 0 Å². The van der Waals surface area contributed by atoms with E-state index in [2.05, 4.69) is 27.1 Å². The van der Waals surface area contributed by atoms with Crippen LogP contribution in [0.15, 0.2) is 53.8 Å². The third-order valence-electron chi connectivity index (χ3n) is 4.03. The molecule has 0 spiro atoms. The molecule has 25 heavy (non-hydrogen) atoms. The molecule has 4 rings (SSSR count). The van der Waals surface area contributed by atoms with Gasteiger partial charge in [-0.3, -0.25) is 0 Å². The van der Waals surface area contributed by atoms with Crippen molar-refractivity contribution in [1.29, 1.82) is 0 Å². The van der Waals surface area contributed by atoms with E-state index >= 15 is 0 Å². The fourth-order valence-corrected chi connectivity index (χ4v) is 3.86. The summed E-state index contributed by atoms with van der Waals surface area (Å²) < 4.78 is 7.69. The molecule has 0 aliphatic carbocycles. The van der Waals surface area contributed by atoms with Gasteiger partial charge in [-0.05, 0) is 29.9 Å². The predicted molar refractivity (Wildman–Crippen MR) is 105 cm³/mol. The second kappa shape index (κ2) is 7.35. The predicted octanol–water partition coefficient (Wildman–Crippen LogP) is 3.99. The summed E-state index contributed by atoms with van der Waals surface area (Å²) in [7, 11) is 0. The molecule has 1 aliphatic heterocycles. The van der Waals surface area contributed by atoms with E-state index in [9.17, 15) is 0 Å². The van der Waals surface area contributed by atoms with Gasteiger partial charge >= 0.3 is 0 Å². The van der Waals surface area contributed by atoms with E-state index in [1.54, 1.807) is 16.0 Å². The van der Waals surface area contributed by atoms with Crippen molar-refractivity contribution in [2.45, 2.75) is 0 Å². The maximum absolute atomic E-state index is 5.40. The van der Waals surface area contributed by atoms with Gasteiger partial charge in [0.1, 0.15) is 0 Å². The lowest BCUT2D eigenvalue weighted by molar-refractivity contribution is 0.123. The Bertz CT molecular complexity index is 920. The van der Waals surface area contributed by atoms with Crippen LogP contribution in [0.2, 0.25) is 0 Å². The monoisotopic (exact) mass is 370 g/mol. The summed E-state index contributed by atoms with van der Waals surface area (Å²) in [6.45, 7) is 3.48. The van der Waals surface area contributed by atoms with Crippen molar-refractivity contribution in [2.75, 3.05) is 31.2 Å². The number of hydrogen-bond donors (Lipinski definition) is 1. The number of rotatable bonds is 4. The van der Waals surface area contributed by atoms with E-state index in [0.717, 1.165) is 42.4 Å². The minimum Gasteiger partial charge on any atom is -0.378 e. The van der Waals surface area contributed by atoms with Crippen LogP contribution in [0.4, 0.5) is 5.00 Å². The Morgan fingerprint density at radius 1 is 1.12 bits per heavy atom. The maximum Gasteiger partial charge on any atom is 0.198 e. The Kier molecular flexibility index (Phi) is 4.78. The first-order chi connectivity index (χ1) is 12.3. The maximum atomic E-state index is 5.40. The lowest BCUT2D eigenvalue weighted by Crippen LogP contribution is -2.35. The third kappa shape index (κ3) is 3.73. The molecule has 0 bridgehead atoms. The Morgan fingerprint density at radius 3 is 2.72 bits per heavy atom. The number of nitrogens with one attached hydrogen (secondary N) is 1. The van der Waals surface area contributed by atoms with Crippen molar-refractivity contribution >= 4 is 34.8 Å². The van der Waals surface area contributed by atoms with Crippen molar-refractivity contribution < 1.29 is 4.74 Å². The van der Waals surface area contributed by atoms with Crippen LogP contribution in [0.1, 0.15) is 4.88 Å². The van der Waals surface area contributed by atoms with Crippen molar-refractivity contribution in [2.24, 2.45) is 5.10 Å². The highest BCUT2D eigenvalue weighted by Gasteiger charge is 2.12. The van der Waals surface area contributed by atoms with E-state index in [1.807, 2.05) is 42.7 Å². The smallest absolute Gasteiger partial charge is 0.198 e. The average Bonchev–Trinajstić information content (AvgIpc) is 3.28. The Hall–Kier alpha value is -2.22. The van der Waals surface area contributed by atoms with Gasteiger partial charge < -0.3 is 14.6 Å². The number of morpholine rings is 1. The van der Waals surface area contributed by atoms with Gasteiger partial charge in [-0.2, -0.15) is 5.10 Å². The quantitative estimate of drug-likeness (QED) is 0.558. The van der Waals surface area contributed by atoms with Gasteiger partial charge in [-0.1, -0.05) is 30.3 Å². The number of hydrogen-bond acceptors (Lipinski definition) is 5. The molecule has 0 saturated carbocycles. The third-order valence-corrected chi connectivity index (χ3v) is 5.40. The summed E-state index contributed by atoms with van der Waals surface area (Å²) in [6.07, 6.45) is 3.78. The molecule has 3 aromatic rings. The van der Waals surface area contributed by atoms with E-state index in [0.29, 0.717) is 4.77 Å². The number of aromatic amines is 1. The van der Waals surface area contributed by atoms with Gasteiger partial charge in [-0.25, -0.2) is 4.68 Å². The number of anilines is 1. The summed E-state index contributed by atoms with van der Waals surface area (Å²) in [4.78, 5) is 6.65. The van der Waals surface area contributed by atoms with Crippen molar-refractivity contribution in [3.8, 4) is 11.3 Å². The summed E-state index contributed by atoms with van der Waals surface area (Å²) >= 11 is 7.10. The second-order valence-corrected chi connectivity index (χ2v) is 7.18. The first-order valence-electron chi connectivity index (χ1n) is 8.13.